The van der Waals surface area contributed by atoms with Gasteiger partial charge in [-0.3, -0.25) is 0 Å². The Balaban J connectivity index is 0.000000545. The Bertz CT molecular complexity index is 1150. The molecule has 1 nitrogen and oxygen atoms in total. The fourth-order valence-electron chi connectivity index (χ4n) is 3.97. The van der Waals surface area contributed by atoms with Crippen LogP contribution in [-0.4, -0.2) is 19.3 Å². The van der Waals surface area contributed by atoms with Crippen LogP contribution in [0.5, 0.6) is 0 Å². The van der Waals surface area contributed by atoms with Gasteiger partial charge >= 0.3 is 12.1 Å². The lowest BCUT2D eigenvalue weighted by atomic mass is 9.89. The van der Waals surface area contributed by atoms with Crippen molar-refractivity contribution in [3.63, 3.8) is 0 Å². The highest BCUT2D eigenvalue weighted by Gasteiger charge is 2.62. The maximum absolute atomic E-state index is 13.9. The molecule has 0 saturated carbocycles. The highest BCUT2D eigenvalue weighted by Crippen LogP contribution is 2.51. The highest BCUT2D eigenvalue weighted by molar-refractivity contribution is 5.74. The lowest BCUT2D eigenvalue weighted by Gasteiger charge is -2.25. The molecule has 0 fully saturated rings. The molecule has 1 N–H and O–H groups in total. The SMILES string of the molecule is CCCCCCNCC(C)CCC.Cc1c(F)c(F)c(F)c(C(F)(F)C(F)(F)F)c1-c1c(F)c(F)c(F)c(F)c1F. The van der Waals surface area contributed by atoms with E-state index in [2.05, 4.69) is 26.1 Å². The largest absolute Gasteiger partial charge is 0.458 e. The van der Waals surface area contributed by atoms with Crippen molar-refractivity contribution in [1.82, 2.24) is 5.32 Å². The zero-order chi connectivity index (χ0) is 31.9. The number of benzene rings is 2. The number of hydrogen-bond acceptors (Lipinski definition) is 1. The summed E-state index contributed by atoms with van der Waals surface area (Å²) in [6.07, 6.45) is 1.46. The molecule has 41 heavy (non-hydrogen) atoms. The van der Waals surface area contributed by atoms with Crippen LogP contribution in [-0.2, 0) is 5.92 Å². The highest BCUT2D eigenvalue weighted by atomic mass is 19.4. The molecule has 0 saturated heterocycles. The summed E-state index contributed by atoms with van der Waals surface area (Å²) in [6, 6.07) is 0. The number of unbranched alkanes of at least 4 members (excludes halogenated alkanes) is 3. The van der Waals surface area contributed by atoms with Gasteiger partial charge in [0.1, 0.15) is 0 Å². The average molecular weight is 616 g/mol. The Kier molecular flexibility index (Phi) is 13.5. The van der Waals surface area contributed by atoms with Gasteiger partial charge in [0.05, 0.1) is 11.1 Å². The lowest BCUT2D eigenvalue weighted by molar-refractivity contribution is -0.290. The van der Waals surface area contributed by atoms with Crippen LogP contribution in [0.4, 0.5) is 57.1 Å². The molecule has 2 aromatic carbocycles. The van der Waals surface area contributed by atoms with Gasteiger partial charge in [0.25, 0.3) is 0 Å². The number of hydrogen-bond donors (Lipinski definition) is 1. The quantitative estimate of drug-likeness (QED) is 0.115. The van der Waals surface area contributed by atoms with Crippen LogP contribution >= 0.6 is 0 Å². The normalized spacial score (nSPS) is 12.8. The summed E-state index contributed by atoms with van der Waals surface area (Å²) in [4.78, 5) is 0. The molecule has 14 heteroatoms. The Labute approximate surface area is 229 Å². The Morgan fingerprint density at radius 1 is 0.610 bits per heavy atom. The Morgan fingerprint density at radius 2 is 1.10 bits per heavy atom. The predicted octanol–water partition coefficient (Wildman–Crippen LogP) is 10.0. The second-order valence-corrected chi connectivity index (χ2v) is 9.49. The van der Waals surface area contributed by atoms with E-state index in [1.54, 1.807) is 0 Å². The summed E-state index contributed by atoms with van der Waals surface area (Å²) < 4.78 is 174. The van der Waals surface area contributed by atoms with Gasteiger partial charge in [0.15, 0.2) is 40.7 Å². The van der Waals surface area contributed by atoms with Crippen LogP contribution in [0, 0.1) is 59.4 Å². The molecule has 0 spiro atoms. The van der Waals surface area contributed by atoms with Gasteiger partial charge < -0.3 is 5.32 Å². The average Bonchev–Trinajstić information content (AvgIpc) is 2.89. The molecule has 1 unspecified atom stereocenters. The minimum Gasteiger partial charge on any atom is -0.316 e. The topological polar surface area (TPSA) is 12.0 Å². The van der Waals surface area contributed by atoms with Gasteiger partial charge in [0, 0.05) is 5.56 Å². The molecule has 0 amide bonds. The second kappa shape index (κ2) is 15.1. The van der Waals surface area contributed by atoms with E-state index in [0.29, 0.717) is 0 Å². The third kappa shape index (κ3) is 8.29. The van der Waals surface area contributed by atoms with Crippen LogP contribution in [0.1, 0.15) is 70.4 Å². The maximum Gasteiger partial charge on any atom is 0.458 e. The van der Waals surface area contributed by atoms with Crippen molar-refractivity contribution >= 4 is 0 Å². The number of alkyl halides is 5. The molecule has 0 aromatic heterocycles. The van der Waals surface area contributed by atoms with Crippen molar-refractivity contribution in [2.75, 3.05) is 13.1 Å². The standard InChI is InChI=1S/C15H3F13.C12H27N/c1-2-3(4-7(17)11(21)13(23)12(22)8(4)18)5(9(19)10(20)6(2)16)14(24,25)15(26,27)28;1-4-6-7-8-10-13-11-12(3)9-5-2/h1H3;12-13H,4-11H2,1-3H3. The number of nitrogens with one attached hydrogen (secondary N) is 1. The molecular formula is C27H30F13N. The van der Waals surface area contributed by atoms with Crippen LogP contribution in [0.3, 0.4) is 0 Å². The van der Waals surface area contributed by atoms with Gasteiger partial charge in [0.2, 0.25) is 5.82 Å². The van der Waals surface area contributed by atoms with Gasteiger partial charge in [-0.15, -0.1) is 0 Å². The van der Waals surface area contributed by atoms with Crippen molar-refractivity contribution in [3.8, 4) is 11.1 Å². The molecule has 0 bridgehead atoms. The molecule has 0 aliphatic heterocycles. The van der Waals surface area contributed by atoms with Gasteiger partial charge in [-0.1, -0.05) is 46.5 Å². The predicted molar refractivity (Wildman–Crippen MR) is 127 cm³/mol. The molecule has 1 atom stereocenters. The molecule has 0 radical (unpaired) electrons. The van der Waals surface area contributed by atoms with Gasteiger partial charge in [-0.2, -0.15) is 22.0 Å². The van der Waals surface area contributed by atoms with Gasteiger partial charge in [-0.25, -0.2) is 35.1 Å². The molecular weight excluding hydrogens is 585 g/mol. The van der Waals surface area contributed by atoms with Crippen LogP contribution in [0.2, 0.25) is 0 Å². The van der Waals surface area contributed by atoms with E-state index in [1.807, 2.05) is 0 Å². The molecule has 0 heterocycles. The molecule has 0 aliphatic carbocycles. The van der Waals surface area contributed by atoms with Crippen molar-refractivity contribution in [2.24, 2.45) is 5.92 Å². The molecule has 234 valence electrons. The fourth-order valence-corrected chi connectivity index (χ4v) is 3.97. The molecule has 2 aromatic rings. The van der Waals surface area contributed by atoms with Gasteiger partial charge in [-0.05, 0) is 44.3 Å². The first-order valence-electron chi connectivity index (χ1n) is 12.7. The van der Waals surface area contributed by atoms with Crippen molar-refractivity contribution in [1.29, 1.82) is 0 Å². The Morgan fingerprint density at radius 3 is 1.56 bits per heavy atom. The summed E-state index contributed by atoms with van der Waals surface area (Å²) in [5, 5.41) is 3.53. The van der Waals surface area contributed by atoms with Crippen molar-refractivity contribution in [3.05, 3.63) is 57.7 Å². The van der Waals surface area contributed by atoms with E-state index in [-0.39, 0.29) is 6.92 Å². The van der Waals surface area contributed by atoms with Crippen LogP contribution in [0.15, 0.2) is 0 Å². The first-order chi connectivity index (χ1) is 18.9. The van der Waals surface area contributed by atoms with E-state index in [9.17, 15) is 57.1 Å². The van der Waals surface area contributed by atoms with Crippen LogP contribution < -0.4 is 5.32 Å². The third-order valence-corrected chi connectivity index (χ3v) is 6.17. The van der Waals surface area contributed by atoms with Crippen molar-refractivity contribution in [2.45, 2.75) is 78.3 Å². The van der Waals surface area contributed by atoms with Crippen LogP contribution in [0.25, 0.3) is 11.1 Å². The van der Waals surface area contributed by atoms with Crippen molar-refractivity contribution < 1.29 is 57.1 Å². The summed E-state index contributed by atoms with van der Waals surface area (Å²) in [6.45, 7) is 9.46. The van der Waals surface area contributed by atoms with E-state index in [4.69, 9.17) is 0 Å². The fraction of sp³-hybridized carbons (Fsp3) is 0.556. The monoisotopic (exact) mass is 615 g/mol. The Hall–Kier alpha value is -2.51. The summed E-state index contributed by atoms with van der Waals surface area (Å²) in [5.74, 6) is -28.4. The minimum atomic E-state index is -6.70. The number of rotatable bonds is 11. The first-order valence-corrected chi connectivity index (χ1v) is 12.7. The van der Waals surface area contributed by atoms with E-state index >= 15 is 0 Å². The first kappa shape index (κ1) is 36.5. The smallest absolute Gasteiger partial charge is 0.316 e. The zero-order valence-corrected chi connectivity index (χ0v) is 22.6. The second-order valence-electron chi connectivity index (χ2n) is 9.49. The summed E-state index contributed by atoms with van der Waals surface area (Å²) in [5.41, 5.74) is -9.74. The summed E-state index contributed by atoms with van der Waals surface area (Å²) in [7, 11) is 0. The molecule has 2 rings (SSSR count). The maximum atomic E-state index is 13.9. The third-order valence-electron chi connectivity index (χ3n) is 6.17. The molecule has 0 aliphatic rings. The van der Waals surface area contributed by atoms with E-state index < -0.39 is 80.9 Å². The minimum absolute atomic E-state index is 0.182. The summed E-state index contributed by atoms with van der Waals surface area (Å²) >= 11 is 0. The van der Waals surface area contributed by atoms with E-state index in [0.717, 1.165) is 5.92 Å². The number of halogens is 13. The zero-order valence-electron chi connectivity index (χ0n) is 22.6. The van der Waals surface area contributed by atoms with E-state index in [1.165, 1.54) is 51.6 Å². The lowest BCUT2D eigenvalue weighted by Crippen LogP contribution is -2.36.